The number of aromatic amines is 2. The van der Waals surface area contributed by atoms with E-state index in [1.807, 2.05) is 6.07 Å². The van der Waals surface area contributed by atoms with Crippen molar-refractivity contribution in [2.75, 3.05) is 18.0 Å². The fourth-order valence-electron chi connectivity index (χ4n) is 3.82. The van der Waals surface area contributed by atoms with Crippen molar-refractivity contribution < 1.29 is 0 Å². The number of hydrogen-bond acceptors (Lipinski definition) is 5. The topological polar surface area (TPSA) is 99.2 Å². The molecule has 3 aromatic rings. The van der Waals surface area contributed by atoms with E-state index in [0.717, 1.165) is 36.3 Å². The molecule has 2 aliphatic rings. The fraction of sp³-hybridized carbons (Fsp3) is 0.412. The molecule has 1 aliphatic carbocycles. The van der Waals surface area contributed by atoms with Gasteiger partial charge >= 0.3 is 5.69 Å². The van der Waals surface area contributed by atoms with Crippen LogP contribution in [0, 0.1) is 11.8 Å². The van der Waals surface area contributed by atoms with Gasteiger partial charge in [0.25, 0.3) is 5.56 Å². The second kappa shape index (κ2) is 5.30. The quantitative estimate of drug-likeness (QED) is 0.742. The molecule has 8 heteroatoms. The molecule has 3 aromatic heterocycles. The van der Waals surface area contributed by atoms with E-state index >= 15 is 0 Å². The van der Waals surface area contributed by atoms with Crippen molar-refractivity contribution in [3.8, 4) is 11.3 Å². The monoisotopic (exact) mass is 338 g/mol. The van der Waals surface area contributed by atoms with Crippen LogP contribution in [0.5, 0.6) is 0 Å². The minimum atomic E-state index is -0.524. The Kier molecular flexibility index (Phi) is 3.06. The number of fused-ring (bicyclic) bond motifs is 1. The molecular formula is C17H18N6O2. The van der Waals surface area contributed by atoms with Crippen LogP contribution in [0.2, 0.25) is 0 Å². The second-order valence-corrected chi connectivity index (χ2v) is 6.93. The Hall–Kier alpha value is -2.90. The summed E-state index contributed by atoms with van der Waals surface area (Å²) >= 11 is 0. The van der Waals surface area contributed by atoms with Crippen LogP contribution >= 0.6 is 0 Å². The van der Waals surface area contributed by atoms with Gasteiger partial charge in [0, 0.05) is 31.7 Å². The Morgan fingerprint density at radius 3 is 2.84 bits per heavy atom. The molecule has 25 heavy (non-hydrogen) atoms. The van der Waals surface area contributed by atoms with Crippen LogP contribution in [0.4, 0.5) is 5.69 Å². The Morgan fingerprint density at radius 2 is 2.04 bits per heavy atom. The Morgan fingerprint density at radius 1 is 1.16 bits per heavy atom. The summed E-state index contributed by atoms with van der Waals surface area (Å²) in [5, 5.41) is 4.48. The van der Waals surface area contributed by atoms with Crippen LogP contribution in [0.25, 0.3) is 16.9 Å². The lowest BCUT2D eigenvalue weighted by molar-refractivity contribution is 0.514. The molecule has 1 aliphatic heterocycles. The fourth-order valence-corrected chi connectivity index (χ4v) is 3.82. The molecule has 1 saturated heterocycles. The highest BCUT2D eigenvalue weighted by molar-refractivity contribution is 5.74. The third-order valence-electron chi connectivity index (χ3n) is 5.29. The average Bonchev–Trinajstić information content (AvgIpc) is 3.14. The molecule has 2 N–H and O–H groups in total. The molecule has 0 bridgehead atoms. The first-order valence-electron chi connectivity index (χ1n) is 8.61. The predicted octanol–water partition coefficient (Wildman–Crippen LogP) is 1.01. The van der Waals surface area contributed by atoms with Gasteiger partial charge in [-0.1, -0.05) is 0 Å². The van der Waals surface area contributed by atoms with Crippen molar-refractivity contribution in [2.24, 2.45) is 11.8 Å². The highest BCUT2D eigenvalue weighted by Gasteiger charge is 2.36. The molecule has 0 amide bonds. The maximum absolute atomic E-state index is 12.1. The zero-order chi connectivity index (χ0) is 17.0. The lowest BCUT2D eigenvalue weighted by Gasteiger charge is -2.20. The van der Waals surface area contributed by atoms with Gasteiger partial charge in [-0.3, -0.25) is 9.78 Å². The van der Waals surface area contributed by atoms with E-state index in [1.165, 1.54) is 25.5 Å². The van der Waals surface area contributed by atoms with Crippen molar-refractivity contribution in [3.05, 3.63) is 45.5 Å². The third-order valence-corrected chi connectivity index (χ3v) is 5.29. The summed E-state index contributed by atoms with van der Waals surface area (Å²) in [6.07, 6.45) is 8.80. The van der Waals surface area contributed by atoms with E-state index in [-0.39, 0.29) is 0 Å². The molecule has 1 atom stereocenters. The summed E-state index contributed by atoms with van der Waals surface area (Å²) in [5.74, 6) is 1.63. The van der Waals surface area contributed by atoms with E-state index < -0.39 is 11.2 Å². The molecule has 2 fully saturated rings. The minimum absolute atomic E-state index is 0.342. The molecule has 1 unspecified atom stereocenters. The first kappa shape index (κ1) is 14.4. The van der Waals surface area contributed by atoms with Gasteiger partial charge in [-0.25, -0.2) is 14.3 Å². The first-order valence-corrected chi connectivity index (χ1v) is 8.61. The SMILES string of the molecule is O=c1[nH]cc(-c2cc(N3CCC(C4CC4)C3)c3nccn3n2)c(=O)[nH]1. The minimum Gasteiger partial charge on any atom is -0.368 e. The van der Waals surface area contributed by atoms with E-state index in [1.54, 1.807) is 16.9 Å². The maximum atomic E-state index is 12.1. The predicted molar refractivity (Wildman–Crippen MR) is 92.7 cm³/mol. The van der Waals surface area contributed by atoms with Crippen molar-refractivity contribution >= 4 is 11.3 Å². The number of anilines is 1. The molecule has 128 valence electrons. The van der Waals surface area contributed by atoms with Crippen LogP contribution in [0.3, 0.4) is 0 Å². The van der Waals surface area contributed by atoms with Crippen molar-refractivity contribution in [3.63, 3.8) is 0 Å². The second-order valence-electron chi connectivity index (χ2n) is 6.93. The van der Waals surface area contributed by atoms with Gasteiger partial charge in [0.2, 0.25) is 0 Å². The molecular weight excluding hydrogens is 320 g/mol. The summed E-state index contributed by atoms with van der Waals surface area (Å²) < 4.78 is 1.69. The van der Waals surface area contributed by atoms with E-state index in [0.29, 0.717) is 11.3 Å². The standard InChI is InChI=1S/C17H18N6O2/c24-16-12(8-19-17(25)20-16)13-7-14(15-18-4-6-23(15)21-13)22-5-3-11(9-22)10-1-2-10/h4,6-8,10-11H,1-3,5,9H2,(H2,19,20,24,25). The van der Waals surface area contributed by atoms with Gasteiger partial charge in [-0.2, -0.15) is 5.10 Å². The number of aromatic nitrogens is 5. The summed E-state index contributed by atoms with van der Waals surface area (Å²) in [6.45, 7) is 2.02. The number of H-pyrrole nitrogens is 2. The molecule has 0 radical (unpaired) electrons. The average molecular weight is 338 g/mol. The number of rotatable bonds is 3. The Bertz CT molecular complexity index is 1060. The molecule has 8 nitrogen and oxygen atoms in total. The number of hydrogen-bond donors (Lipinski definition) is 2. The van der Waals surface area contributed by atoms with Crippen LogP contribution < -0.4 is 16.1 Å². The van der Waals surface area contributed by atoms with Crippen LogP contribution in [-0.2, 0) is 0 Å². The van der Waals surface area contributed by atoms with E-state index in [2.05, 4.69) is 25.0 Å². The maximum Gasteiger partial charge on any atom is 0.325 e. The van der Waals surface area contributed by atoms with Gasteiger partial charge in [0.15, 0.2) is 5.65 Å². The molecule has 5 rings (SSSR count). The summed E-state index contributed by atoms with van der Waals surface area (Å²) in [4.78, 5) is 35.0. The van der Waals surface area contributed by atoms with Gasteiger partial charge in [-0.15, -0.1) is 0 Å². The van der Waals surface area contributed by atoms with Crippen LogP contribution in [-0.4, -0.2) is 37.7 Å². The molecule has 0 spiro atoms. The van der Waals surface area contributed by atoms with Gasteiger partial charge in [0.05, 0.1) is 11.3 Å². The lowest BCUT2D eigenvalue weighted by atomic mass is 10.0. The summed E-state index contributed by atoms with van der Waals surface area (Å²) in [6, 6.07) is 1.90. The largest absolute Gasteiger partial charge is 0.368 e. The molecule has 1 saturated carbocycles. The summed E-state index contributed by atoms with van der Waals surface area (Å²) in [5.41, 5.74) is 1.68. The van der Waals surface area contributed by atoms with Crippen molar-refractivity contribution in [2.45, 2.75) is 19.3 Å². The molecule has 0 aromatic carbocycles. The highest BCUT2D eigenvalue weighted by Crippen LogP contribution is 2.42. The van der Waals surface area contributed by atoms with Crippen LogP contribution in [0.15, 0.2) is 34.2 Å². The van der Waals surface area contributed by atoms with E-state index in [9.17, 15) is 9.59 Å². The lowest BCUT2D eigenvalue weighted by Crippen LogP contribution is -2.24. The number of nitrogens with zero attached hydrogens (tertiary/aromatic N) is 4. The zero-order valence-corrected chi connectivity index (χ0v) is 13.6. The Balaban J connectivity index is 1.61. The zero-order valence-electron chi connectivity index (χ0n) is 13.6. The number of nitrogens with one attached hydrogen (secondary N) is 2. The van der Waals surface area contributed by atoms with Crippen molar-refractivity contribution in [1.82, 2.24) is 24.6 Å². The van der Waals surface area contributed by atoms with Crippen molar-refractivity contribution in [1.29, 1.82) is 0 Å². The normalized spacial score (nSPS) is 20.5. The Labute approximate surface area is 142 Å². The highest BCUT2D eigenvalue weighted by atomic mass is 16.2. The van der Waals surface area contributed by atoms with E-state index in [4.69, 9.17) is 0 Å². The smallest absolute Gasteiger partial charge is 0.325 e. The van der Waals surface area contributed by atoms with Gasteiger partial charge in [0.1, 0.15) is 5.69 Å². The number of imidazole rings is 1. The third kappa shape index (κ3) is 2.45. The first-order chi connectivity index (χ1) is 12.2. The summed E-state index contributed by atoms with van der Waals surface area (Å²) in [7, 11) is 0. The molecule has 4 heterocycles. The van der Waals surface area contributed by atoms with Gasteiger partial charge < -0.3 is 9.88 Å². The van der Waals surface area contributed by atoms with Crippen LogP contribution in [0.1, 0.15) is 19.3 Å². The van der Waals surface area contributed by atoms with Gasteiger partial charge in [-0.05, 0) is 37.2 Å².